The number of fused-ring (bicyclic) bond motifs is 2. The van der Waals surface area contributed by atoms with Gasteiger partial charge in [-0.3, -0.25) is 5.43 Å². The van der Waals surface area contributed by atoms with Crippen molar-refractivity contribution >= 4 is 91.2 Å². The largest absolute Gasteiger partial charge is 0.443 e. The minimum absolute atomic E-state index is 0.149. The summed E-state index contributed by atoms with van der Waals surface area (Å²) in [6.07, 6.45) is 1.19. The number of hydrogen-bond donors (Lipinski definition) is 4. The second kappa shape index (κ2) is 16.4. The van der Waals surface area contributed by atoms with Gasteiger partial charge in [-0.2, -0.15) is 0 Å². The highest BCUT2D eigenvalue weighted by atomic mass is 79.9. The van der Waals surface area contributed by atoms with Gasteiger partial charge in [0.1, 0.15) is 29.9 Å². The number of carbonyl (C=O) groups excluding carboxylic acids is 1. The highest BCUT2D eigenvalue weighted by Gasteiger charge is 2.62. The maximum Gasteiger partial charge on any atom is 0.426 e. The lowest BCUT2D eigenvalue weighted by Crippen LogP contribution is -2.49. The van der Waals surface area contributed by atoms with E-state index in [9.17, 15) is 22.4 Å². The van der Waals surface area contributed by atoms with E-state index in [2.05, 4.69) is 63.5 Å². The molecule has 2 aliphatic carbocycles. The zero-order chi connectivity index (χ0) is 36.2. The number of halogens is 7. The Morgan fingerprint density at radius 3 is 1.68 bits per heavy atom. The second-order valence-corrected chi connectivity index (χ2v) is 19.7. The zero-order valence-corrected chi connectivity index (χ0v) is 32.7. The lowest BCUT2D eigenvalue weighted by Gasteiger charge is -2.24. The number of thiocarbonyl (C=S) groups is 2. The van der Waals surface area contributed by atoms with Crippen molar-refractivity contribution in [3.8, 4) is 0 Å². The van der Waals surface area contributed by atoms with E-state index in [0.29, 0.717) is 47.3 Å². The fourth-order valence-electron chi connectivity index (χ4n) is 6.89. The van der Waals surface area contributed by atoms with Crippen molar-refractivity contribution in [1.82, 2.24) is 26.1 Å². The van der Waals surface area contributed by atoms with Crippen molar-refractivity contribution < 1.29 is 27.1 Å². The van der Waals surface area contributed by atoms with Gasteiger partial charge >= 0.3 is 9.28 Å². The predicted octanol–water partition coefficient (Wildman–Crippen LogP) is 6.70. The quantitative estimate of drug-likeness (QED) is 0.0751. The lowest BCUT2D eigenvalue weighted by atomic mass is 9.95. The van der Waals surface area contributed by atoms with E-state index in [0.717, 1.165) is 42.6 Å². The molecule has 266 valence electrons. The summed E-state index contributed by atoms with van der Waals surface area (Å²) in [4.78, 5) is 15.7. The SMILES string of the molecule is BrB(Br)Br.NNC(=S)N1CC2CC2(c2cc(F)cc(F)c2)C1.O=C(NNC(=S)N1CC2CC2(c2cc(F)cc(F)c2)C1)OCc1ccccc1. The van der Waals surface area contributed by atoms with Crippen LogP contribution in [0, 0.1) is 35.1 Å². The van der Waals surface area contributed by atoms with Gasteiger partial charge in [0.05, 0.1) is 0 Å². The van der Waals surface area contributed by atoms with Crippen LogP contribution in [0.15, 0.2) is 66.7 Å². The maximum absolute atomic E-state index is 13.6. The van der Waals surface area contributed by atoms with E-state index >= 15 is 0 Å². The summed E-state index contributed by atoms with van der Waals surface area (Å²) in [7, 11) is 0. The van der Waals surface area contributed by atoms with Gasteiger partial charge in [-0.1, -0.05) is 30.3 Å². The van der Waals surface area contributed by atoms with Crippen LogP contribution in [0.1, 0.15) is 29.5 Å². The first kappa shape index (κ1) is 38.7. The first-order valence-electron chi connectivity index (χ1n) is 15.4. The standard InChI is InChI=1S/C20H19F2N3O2S.C12H13F2N3S.BBr3/c21-16-6-14(7-17(22)8-16)20-9-15(20)10-25(12-20)18(28)23-24-19(26)27-11-13-4-2-1-3-5-13;13-9-1-7(2-10(14)3-9)12-4-8(12)5-17(6-12)11(18)16-15;2-1(3)4/h1-8,15H,9-12H2,(H,23,28)(H,24,26);1-3,8H,4-6,15H2,(H,16,18);. The Balaban J connectivity index is 0.000000189. The normalized spacial score (nSPS) is 23.5. The molecule has 4 atom stereocenters. The average molecular weight is 923 g/mol. The van der Waals surface area contributed by atoms with E-state index in [1.54, 1.807) is 0 Å². The number of carbonyl (C=O) groups is 1. The molecule has 0 aromatic heterocycles. The predicted molar refractivity (Wildman–Crippen MR) is 203 cm³/mol. The number of piperidine rings is 2. The molecule has 50 heavy (non-hydrogen) atoms. The Kier molecular flexibility index (Phi) is 12.7. The highest BCUT2D eigenvalue weighted by Crippen LogP contribution is 2.60. The third-order valence-electron chi connectivity index (χ3n) is 9.35. The third-order valence-corrected chi connectivity index (χ3v) is 10.1. The van der Waals surface area contributed by atoms with Gasteiger partial charge < -0.3 is 20.0 Å². The van der Waals surface area contributed by atoms with Crippen molar-refractivity contribution in [2.45, 2.75) is 30.3 Å². The Morgan fingerprint density at radius 2 is 1.24 bits per heavy atom. The zero-order valence-electron chi connectivity index (χ0n) is 26.3. The number of nitrogens with one attached hydrogen (secondary N) is 3. The van der Waals surface area contributed by atoms with Gasteiger partial charge in [0.15, 0.2) is 10.2 Å². The summed E-state index contributed by atoms with van der Waals surface area (Å²) >= 11 is 19.7. The van der Waals surface area contributed by atoms with Crippen LogP contribution in [0.3, 0.4) is 0 Å². The molecule has 18 heteroatoms. The van der Waals surface area contributed by atoms with Crippen LogP contribution in [0.2, 0.25) is 0 Å². The number of likely N-dealkylation sites (tertiary alicyclic amines) is 2. The van der Waals surface area contributed by atoms with Crippen LogP contribution < -0.4 is 22.1 Å². The van der Waals surface area contributed by atoms with Gasteiger partial charge in [-0.25, -0.2) is 33.6 Å². The van der Waals surface area contributed by atoms with Crippen LogP contribution in [-0.4, -0.2) is 55.5 Å². The number of amides is 1. The van der Waals surface area contributed by atoms with E-state index in [1.165, 1.54) is 24.3 Å². The third kappa shape index (κ3) is 9.48. The van der Waals surface area contributed by atoms with Crippen molar-refractivity contribution in [3.63, 3.8) is 0 Å². The molecule has 2 aliphatic heterocycles. The number of benzene rings is 3. The Labute approximate surface area is 323 Å². The van der Waals surface area contributed by atoms with Crippen LogP contribution >= 0.6 is 71.7 Å². The van der Waals surface area contributed by atoms with Gasteiger partial charge in [0.25, 0.3) is 0 Å². The molecule has 3 aromatic rings. The minimum atomic E-state index is -0.641. The Bertz CT molecular complexity index is 1700. The van der Waals surface area contributed by atoms with E-state index in [4.69, 9.17) is 35.0 Å². The topological polar surface area (TPSA) is 94.9 Å². The number of nitrogens with zero attached hydrogens (tertiary/aromatic N) is 2. The minimum Gasteiger partial charge on any atom is -0.443 e. The lowest BCUT2D eigenvalue weighted by molar-refractivity contribution is 0.137. The monoisotopic (exact) mass is 920 g/mol. The summed E-state index contributed by atoms with van der Waals surface area (Å²) in [5.74, 6) is 3.79. The average Bonchev–Trinajstić information content (AvgIpc) is 3.87. The van der Waals surface area contributed by atoms with Crippen molar-refractivity contribution in [1.29, 1.82) is 0 Å². The number of rotatable bonds is 4. The Morgan fingerprint density at radius 1 is 0.800 bits per heavy atom. The van der Waals surface area contributed by atoms with Gasteiger partial charge in [-0.05, 0) is 90.1 Å². The molecule has 2 saturated carbocycles. The maximum atomic E-state index is 13.6. The molecule has 0 radical (unpaired) electrons. The summed E-state index contributed by atoms with van der Waals surface area (Å²) in [5.41, 5.74) is 9.39. The number of hydrazine groups is 2. The molecule has 1 amide bonds. The van der Waals surface area contributed by atoms with Gasteiger partial charge in [0, 0.05) is 49.1 Å². The molecule has 5 N–H and O–H groups in total. The molecule has 0 bridgehead atoms. The fourth-order valence-corrected chi connectivity index (χ4v) is 7.21. The number of hydrogen-bond acceptors (Lipinski definition) is 5. The molecule has 7 rings (SSSR count). The highest BCUT2D eigenvalue weighted by molar-refractivity contribution is 9.69. The molecule has 4 unspecified atom stereocenters. The van der Waals surface area contributed by atoms with Crippen molar-refractivity contribution in [2.75, 3.05) is 26.2 Å². The first-order valence-corrected chi connectivity index (χ1v) is 18.9. The number of nitrogens with two attached hydrogens (primary N) is 1. The molecular weight excluding hydrogens is 891 g/mol. The molecule has 4 fully saturated rings. The molecule has 4 aliphatic rings. The van der Waals surface area contributed by atoms with E-state index in [-0.39, 0.29) is 20.6 Å². The molecule has 2 heterocycles. The van der Waals surface area contributed by atoms with Crippen LogP contribution in [0.5, 0.6) is 0 Å². The van der Waals surface area contributed by atoms with Crippen LogP contribution in [-0.2, 0) is 22.2 Å². The fraction of sp³-hybridized carbons (Fsp3) is 0.344. The van der Waals surface area contributed by atoms with E-state index in [1.807, 2.05) is 40.1 Å². The molecule has 8 nitrogen and oxygen atoms in total. The smallest absolute Gasteiger partial charge is 0.426 e. The summed E-state index contributed by atoms with van der Waals surface area (Å²) in [6, 6.07) is 16.7. The summed E-state index contributed by atoms with van der Waals surface area (Å²) < 4.78 is 59.1. The van der Waals surface area contributed by atoms with Gasteiger partial charge in [0.2, 0.25) is 0 Å². The Hall–Kier alpha value is -2.51. The summed E-state index contributed by atoms with van der Waals surface area (Å²) in [5, 5.41) is 0.832. The second-order valence-electron chi connectivity index (χ2n) is 12.5. The van der Waals surface area contributed by atoms with Crippen molar-refractivity contribution in [2.24, 2.45) is 17.7 Å². The number of ether oxygens (including phenoxy) is 1. The molecule has 3 aromatic carbocycles. The molecular formula is C32H32BBr3F4N6O2S2. The van der Waals surface area contributed by atoms with Crippen LogP contribution in [0.4, 0.5) is 22.4 Å². The van der Waals surface area contributed by atoms with Crippen molar-refractivity contribution in [3.05, 3.63) is 107 Å². The van der Waals surface area contributed by atoms with Gasteiger partial charge in [-0.15, -0.1) is 47.3 Å². The molecule has 0 spiro atoms. The first-order chi connectivity index (χ1) is 23.7. The van der Waals surface area contributed by atoms with E-state index < -0.39 is 29.4 Å². The molecule has 2 saturated heterocycles. The van der Waals surface area contributed by atoms with Crippen LogP contribution in [0.25, 0.3) is 0 Å². The summed E-state index contributed by atoms with van der Waals surface area (Å²) in [6.45, 7) is 2.84.